The standard InChI is InChI=1S/C22H27FN2O/c23-22-12-10-19(11-13-22)15-25-24-14-18-6-8-21(9-7-18)17-26-16-20-4-2-1-3-5-20/h1-5,10-13,15,18,21,24H,6-9,14,16-17H2. The van der Waals surface area contributed by atoms with Crippen LogP contribution in [0.1, 0.15) is 36.8 Å². The van der Waals surface area contributed by atoms with E-state index in [1.54, 1.807) is 18.3 Å². The predicted octanol–water partition coefficient (Wildman–Crippen LogP) is 4.77. The minimum atomic E-state index is -0.223. The van der Waals surface area contributed by atoms with Gasteiger partial charge in [-0.2, -0.15) is 5.10 Å². The Morgan fingerprint density at radius 1 is 0.962 bits per heavy atom. The van der Waals surface area contributed by atoms with Crippen molar-refractivity contribution in [2.75, 3.05) is 13.2 Å². The summed E-state index contributed by atoms with van der Waals surface area (Å²) in [6, 6.07) is 16.7. The van der Waals surface area contributed by atoms with Crippen LogP contribution in [0.25, 0.3) is 0 Å². The van der Waals surface area contributed by atoms with Crippen LogP contribution in [0, 0.1) is 17.7 Å². The van der Waals surface area contributed by atoms with Crippen LogP contribution < -0.4 is 5.43 Å². The maximum absolute atomic E-state index is 12.8. The van der Waals surface area contributed by atoms with Crippen molar-refractivity contribution in [3.05, 3.63) is 71.5 Å². The molecule has 138 valence electrons. The van der Waals surface area contributed by atoms with E-state index in [0.717, 1.165) is 18.7 Å². The summed E-state index contributed by atoms with van der Waals surface area (Å²) in [6.45, 7) is 2.47. The lowest BCUT2D eigenvalue weighted by molar-refractivity contribution is 0.0671. The van der Waals surface area contributed by atoms with Crippen molar-refractivity contribution in [1.29, 1.82) is 0 Å². The molecule has 2 aromatic carbocycles. The number of nitrogens with one attached hydrogen (secondary N) is 1. The molecule has 0 atom stereocenters. The topological polar surface area (TPSA) is 33.6 Å². The van der Waals surface area contributed by atoms with Gasteiger partial charge < -0.3 is 10.2 Å². The van der Waals surface area contributed by atoms with Crippen LogP contribution in [0.5, 0.6) is 0 Å². The first-order chi connectivity index (χ1) is 12.8. The Labute approximate surface area is 155 Å². The molecule has 4 heteroatoms. The summed E-state index contributed by atoms with van der Waals surface area (Å²) in [6.07, 6.45) is 6.63. The minimum absolute atomic E-state index is 0.223. The van der Waals surface area contributed by atoms with Gasteiger partial charge in [-0.05, 0) is 60.8 Å². The van der Waals surface area contributed by atoms with Crippen molar-refractivity contribution < 1.29 is 9.13 Å². The molecule has 0 radical (unpaired) electrons. The Morgan fingerprint density at radius 2 is 1.65 bits per heavy atom. The third-order valence-electron chi connectivity index (χ3n) is 4.99. The van der Waals surface area contributed by atoms with Crippen LogP contribution in [0.2, 0.25) is 0 Å². The van der Waals surface area contributed by atoms with Crippen LogP contribution >= 0.6 is 0 Å². The number of hydrazone groups is 1. The van der Waals surface area contributed by atoms with E-state index < -0.39 is 0 Å². The normalized spacial score (nSPS) is 20.3. The average Bonchev–Trinajstić information content (AvgIpc) is 2.69. The summed E-state index contributed by atoms with van der Waals surface area (Å²) >= 11 is 0. The third-order valence-corrected chi connectivity index (χ3v) is 4.99. The molecule has 0 amide bonds. The number of hydrogen-bond donors (Lipinski definition) is 1. The van der Waals surface area contributed by atoms with Gasteiger partial charge in [-0.1, -0.05) is 42.5 Å². The number of nitrogens with zero attached hydrogens (tertiary/aromatic N) is 1. The van der Waals surface area contributed by atoms with Crippen molar-refractivity contribution in [1.82, 2.24) is 5.43 Å². The monoisotopic (exact) mass is 354 g/mol. The first-order valence-electron chi connectivity index (χ1n) is 9.43. The Balaban J connectivity index is 1.28. The van der Waals surface area contributed by atoms with Crippen molar-refractivity contribution >= 4 is 6.21 Å². The van der Waals surface area contributed by atoms with Gasteiger partial charge in [0, 0.05) is 13.2 Å². The maximum atomic E-state index is 12.8. The lowest BCUT2D eigenvalue weighted by Crippen LogP contribution is -2.25. The van der Waals surface area contributed by atoms with E-state index in [4.69, 9.17) is 4.74 Å². The molecule has 1 N–H and O–H groups in total. The molecule has 3 rings (SSSR count). The molecule has 0 aromatic heterocycles. The summed E-state index contributed by atoms with van der Waals surface area (Å²) in [4.78, 5) is 0. The molecular formula is C22H27FN2O. The highest BCUT2D eigenvalue weighted by Gasteiger charge is 2.21. The fourth-order valence-corrected chi connectivity index (χ4v) is 3.37. The van der Waals surface area contributed by atoms with Crippen molar-refractivity contribution in [2.45, 2.75) is 32.3 Å². The maximum Gasteiger partial charge on any atom is 0.123 e. The molecule has 0 spiro atoms. The van der Waals surface area contributed by atoms with Crippen molar-refractivity contribution in [2.24, 2.45) is 16.9 Å². The van der Waals surface area contributed by atoms with Gasteiger partial charge in [0.05, 0.1) is 12.8 Å². The molecule has 0 aliphatic heterocycles. The quantitative estimate of drug-likeness (QED) is 0.547. The molecule has 26 heavy (non-hydrogen) atoms. The van der Waals surface area contributed by atoms with E-state index in [2.05, 4.69) is 34.8 Å². The second-order valence-electron chi connectivity index (χ2n) is 7.06. The molecule has 3 nitrogen and oxygen atoms in total. The van der Waals surface area contributed by atoms with Gasteiger partial charge in [-0.25, -0.2) is 4.39 Å². The molecule has 0 unspecified atom stereocenters. The largest absolute Gasteiger partial charge is 0.376 e. The molecule has 1 fully saturated rings. The number of ether oxygens (including phenoxy) is 1. The Hall–Kier alpha value is -2.20. The van der Waals surface area contributed by atoms with Crippen LogP contribution in [-0.2, 0) is 11.3 Å². The molecule has 0 bridgehead atoms. The Kier molecular flexibility index (Phi) is 7.20. The van der Waals surface area contributed by atoms with Crippen LogP contribution in [0.15, 0.2) is 59.7 Å². The van der Waals surface area contributed by atoms with Gasteiger partial charge in [0.2, 0.25) is 0 Å². The first kappa shape index (κ1) is 18.6. The number of benzene rings is 2. The molecule has 1 aliphatic rings. The van der Waals surface area contributed by atoms with Gasteiger partial charge in [0.25, 0.3) is 0 Å². The molecule has 0 heterocycles. The molecule has 0 saturated heterocycles. The van der Waals surface area contributed by atoms with E-state index in [-0.39, 0.29) is 5.82 Å². The highest BCUT2D eigenvalue weighted by molar-refractivity contribution is 5.79. The zero-order valence-electron chi connectivity index (χ0n) is 15.1. The van der Waals surface area contributed by atoms with Gasteiger partial charge in [0.15, 0.2) is 0 Å². The van der Waals surface area contributed by atoms with Gasteiger partial charge in [-0.15, -0.1) is 0 Å². The Morgan fingerprint density at radius 3 is 2.38 bits per heavy atom. The number of rotatable bonds is 8. The van der Waals surface area contributed by atoms with Crippen LogP contribution in [0.3, 0.4) is 0 Å². The third kappa shape index (κ3) is 6.26. The minimum Gasteiger partial charge on any atom is -0.376 e. The van der Waals surface area contributed by atoms with E-state index in [9.17, 15) is 4.39 Å². The molecular weight excluding hydrogens is 327 g/mol. The van der Waals surface area contributed by atoms with E-state index >= 15 is 0 Å². The summed E-state index contributed by atoms with van der Waals surface area (Å²) in [5.41, 5.74) is 5.28. The zero-order valence-corrected chi connectivity index (χ0v) is 15.1. The van der Waals surface area contributed by atoms with E-state index in [1.165, 1.54) is 43.4 Å². The Bertz CT molecular complexity index is 664. The smallest absolute Gasteiger partial charge is 0.123 e. The van der Waals surface area contributed by atoms with Crippen molar-refractivity contribution in [3.8, 4) is 0 Å². The lowest BCUT2D eigenvalue weighted by atomic mass is 9.82. The van der Waals surface area contributed by atoms with Gasteiger partial charge in [-0.3, -0.25) is 0 Å². The van der Waals surface area contributed by atoms with E-state index in [1.807, 2.05) is 6.07 Å². The molecule has 1 aliphatic carbocycles. The highest BCUT2D eigenvalue weighted by Crippen LogP contribution is 2.28. The van der Waals surface area contributed by atoms with Crippen LogP contribution in [-0.4, -0.2) is 19.4 Å². The average molecular weight is 354 g/mol. The second-order valence-corrected chi connectivity index (χ2v) is 7.06. The molecule has 1 saturated carbocycles. The summed E-state index contributed by atoms with van der Waals surface area (Å²) < 4.78 is 18.7. The summed E-state index contributed by atoms with van der Waals surface area (Å²) in [5, 5.41) is 4.25. The molecule has 2 aromatic rings. The fourth-order valence-electron chi connectivity index (χ4n) is 3.37. The SMILES string of the molecule is Fc1ccc(C=NNCC2CCC(COCc3ccccc3)CC2)cc1. The fraction of sp³-hybridized carbons (Fsp3) is 0.409. The highest BCUT2D eigenvalue weighted by atomic mass is 19.1. The lowest BCUT2D eigenvalue weighted by Gasteiger charge is -2.28. The van der Waals surface area contributed by atoms with Gasteiger partial charge in [0.1, 0.15) is 5.82 Å². The summed E-state index contributed by atoms with van der Waals surface area (Å²) in [7, 11) is 0. The predicted molar refractivity (Wildman–Crippen MR) is 104 cm³/mol. The summed E-state index contributed by atoms with van der Waals surface area (Å²) in [5.74, 6) is 1.13. The number of halogens is 1. The van der Waals surface area contributed by atoms with E-state index in [0.29, 0.717) is 18.4 Å². The van der Waals surface area contributed by atoms with Crippen molar-refractivity contribution in [3.63, 3.8) is 0 Å². The zero-order chi connectivity index (χ0) is 18.0. The first-order valence-corrected chi connectivity index (χ1v) is 9.43. The van der Waals surface area contributed by atoms with Gasteiger partial charge >= 0.3 is 0 Å². The second kappa shape index (κ2) is 10.1. The van der Waals surface area contributed by atoms with Crippen LogP contribution in [0.4, 0.5) is 4.39 Å². The number of hydrogen-bond acceptors (Lipinski definition) is 3.